The van der Waals surface area contributed by atoms with Gasteiger partial charge in [-0.3, -0.25) is 0 Å². The molecular formula is C45H30N2O. The molecule has 0 radical (unpaired) electrons. The van der Waals surface area contributed by atoms with Crippen LogP contribution < -0.4 is 4.90 Å². The number of aromatic nitrogens is 1. The number of pyridine rings is 1. The summed E-state index contributed by atoms with van der Waals surface area (Å²) in [5.41, 5.74) is 11.4. The average molecular weight is 615 g/mol. The predicted molar refractivity (Wildman–Crippen MR) is 200 cm³/mol. The lowest BCUT2D eigenvalue weighted by Crippen LogP contribution is -2.11. The molecule has 0 N–H and O–H groups in total. The van der Waals surface area contributed by atoms with E-state index >= 15 is 0 Å². The van der Waals surface area contributed by atoms with E-state index in [0.29, 0.717) is 5.71 Å². The van der Waals surface area contributed by atoms with Crippen molar-refractivity contribution in [3.8, 4) is 33.5 Å². The molecule has 3 nitrogen and oxygen atoms in total. The molecule has 0 saturated heterocycles. The highest BCUT2D eigenvalue weighted by Gasteiger charge is 2.18. The van der Waals surface area contributed by atoms with E-state index in [9.17, 15) is 0 Å². The SMILES string of the molecule is c1ccc(-c2ccc(N(c3ccc(-c4ccc5c(n4)oc4ccc6ccccc6c45)cc3)c3ccccc3-c3ccccc3)cc2)cc1. The van der Waals surface area contributed by atoms with Crippen LogP contribution in [0.4, 0.5) is 17.1 Å². The highest BCUT2D eigenvalue weighted by atomic mass is 16.3. The maximum absolute atomic E-state index is 6.28. The third kappa shape index (κ3) is 4.90. The number of hydrogen-bond donors (Lipinski definition) is 0. The van der Waals surface area contributed by atoms with Gasteiger partial charge in [0, 0.05) is 33.3 Å². The Balaban J connectivity index is 1.13. The summed E-state index contributed by atoms with van der Waals surface area (Å²) in [7, 11) is 0. The lowest BCUT2D eigenvalue weighted by atomic mass is 10.0. The summed E-state index contributed by atoms with van der Waals surface area (Å²) in [5.74, 6) is 0. The summed E-state index contributed by atoms with van der Waals surface area (Å²) in [4.78, 5) is 7.33. The van der Waals surface area contributed by atoms with E-state index < -0.39 is 0 Å². The molecule has 0 amide bonds. The maximum atomic E-state index is 6.28. The van der Waals surface area contributed by atoms with E-state index in [1.54, 1.807) is 0 Å². The molecule has 0 aliphatic heterocycles. The minimum absolute atomic E-state index is 0.653. The molecule has 0 fully saturated rings. The zero-order chi connectivity index (χ0) is 31.9. The first kappa shape index (κ1) is 27.8. The zero-order valence-corrected chi connectivity index (χ0v) is 26.1. The molecule has 3 heteroatoms. The van der Waals surface area contributed by atoms with Gasteiger partial charge in [0.05, 0.1) is 11.4 Å². The number of para-hydroxylation sites is 1. The minimum atomic E-state index is 0.653. The van der Waals surface area contributed by atoms with Crippen LogP contribution in [0.1, 0.15) is 0 Å². The molecule has 48 heavy (non-hydrogen) atoms. The van der Waals surface area contributed by atoms with Crippen molar-refractivity contribution in [2.75, 3.05) is 4.90 Å². The third-order valence-corrected chi connectivity index (χ3v) is 9.11. The largest absolute Gasteiger partial charge is 0.438 e. The van der Waals surface area contributed by atoms with Crippen molar-refractivity contribution >= 4 is 49.9 Å². The zero-order valence-electron chi connectivity index (χ0n) is 26.1. The van der Waals surface area contributed by atoms with Crippen molar-refractivity contribution < 1.29 is 4.42 Å². The van der Waals surface area contributed by atoms with Gasteiger partial charge in [-0.1, -0.05) is 133 Å². The van der Waals surface area contributed by atoms with E-state index in [-0.39, 0.29) is 0 Å². The summed E-state index contributed by atoms with van der Waals surface area (Å²) in [6, 6.07) is 64.0. The fraction of sp³-hybridized carbons (Fsp3) is 0. The van der Waals surface area contributed by atoms with Gasteiger partial charge in [-0.05, 0) is 76.0 Å². The van der Waals surface area contributed by atoms with Crippen molar-refractivity contribution in [3.63, 3.8) is 0 Å². The molecule has 0 spiro atoms. The van der Waals surface area contributed by atoms with Gasteiger partial charge >= 0.3 is 0 Å². The van der Waals surface area contributed by atoms with Crippen LogP contribution in [0.3, 0.4) is 0 Å². The van der Waals surface area contributed by atoms with Crippen molar-refractivity contribution in [2.24, 2.45) is 0 Å². The Morgan fingerprint density at radius 2 is 1.02 bits per heavy atom. The normalized spacial score (nSPS) is 11.3. The second-order valence-corrected chi connectivity index (χ2v) is 12.0. The molecule has 0 atom stereocenters. The van der Waals surface area contributed by atoms with E-state index in [0.717, 1.165) is 44.7 Å². The van der Waals surface area contributed by atoms with Crippen LogP contribution in [0.25, 0.3) is 66.4 Å². The highest BCUT2D eigenvalue weighted by Crippen LogP contribution is 2.42. The number of hydrogen-bond acceptors (Lipinski definition) is 3. The Kier molecular flexibility index (Phi) is 6.80. The summed E-state index contributed by atoms with van der Waals surface area (Å²) in [5, 5.41) is 4.52. The van der Waals surface area contributed by atoms with Crippen LogP contribution in [-0.2, 0) is 0 Å². The fourth-order valence-corrected chi connectivity index (χ4v) is 6.76. The summed E-state index contributed by atoms with van der Waals surface area (Å²) in [6.07, 6.45) is 0. The van der Waals surface area contributed by atoms with Crippen LogP contribution in [0, 0.1) is 0 Å². The maximum Gasteiger partial charge on any atom is 0.227 e. The Morgan fingerprint density at radius 1 is 0.417 bits per heavy atom. The molecular weight excluding hydrogens is 585 g/mol. The monoisotopic (exact) mass is 614 g/mol. The van der Waals surface area contributed by atoms with Crippen molar-refractivity contribution in [1.29, 1.82) is 0 Å². The van der Waals surface area contributed by atoms with Gasteiger partial charge in [0.25, 0.3) is 0 Å². The summed E-state index contributed by atoms with van der Waals surface area (Å²) in [6.45, 7) is 0. The Labute approximate surface area is 279 Å². The van der Waals surface area contributed by atoms with E-state index in [2.05, 4.69) is 181 Å². The fourth-order valence-electron chi connectivity index (χ4n) is 6.76. The van der Waals surface area contributed by atoms with E-state index in [4.69, 9.17) is 9.40 Å². The standard InChI is InChI=1S/C45H30N2O/c1-3-11-31(12-4-1)32-19-24-36(25-20-32)47(42-18-10-9-16-38(42)33-13-5-2-6-14-33)37-26-21-35(22-27-37)41-29-28-40-44-39-17-8-7-15-34(39)23-30-43(44)48-45(40)46-41/h1-30H. The van der Waals surface area contributed by atoms with Crippen LogP contribution in [0.2, 0.25) is 0 Å². The van der Waals surface area contributed by atoms with Crippen LogP contribution >= 0.6 is 0 Å². The molecule has 9 rings (SSSR count). The molecule has 0 aliphatic rings. The second kappa shape index (κ2) is 11.7. The number of nitrogens with zero attached hydrogens (tertiary/aromatic N) is 2. The average Bonchev–Trinajstić information content (AvgIpc) is 3.55. The number of anilines is 3. The van der Waals surface area contributed by atoms with Gasteiger partial charge in [-0.2, -0.15) is 0 Å². The van der Waals surface area contributed by atoms with Crippen molar-refractivity contribution in [3.05, 3.63) is 182 Å². The lowest BCUT2D eigenvalue weighted by molar-refractivity contribution is 0.655. The summed E-state index contributed by atoms with van der Waals surface area (Å²) >= 11 is 0. The second-order valence-electron chi connectivity index (χ2n) is 12.0. The van der Waals surface area contributed by atoms with Gasteiger partial charge in [-0.25, -0.2) is 4.98 Å². The van der Waals surface area contributed by atoms with E-state index in [1.165, 1.54) is 33.0 Å². The molecule has 0 unspecified atom stereocenters. The van der Waals surface area contributed by atoms with Gasteiger partial charge in [0.2, 0.25) is 5.71 Å². The number of benzene rings is 7. The van der Waals surface area contributed by atoms with Crippen LogP contribution in [0.15, 0.2) is 186 Å². The number of fused-ring (bicyclic) bond motifs is 5. The predicted octanol–water partition coefficient (Wildman–Crippen LogP) is 12.6. The van der Waals surface area contributed by atoms with Gasteiger partial charge in [0.15, 0.2) is 0 Å². The Hall–Kier alpha value is -6.45. The number of rotatable bonds is 6. The lowest BCUT2D eigenvalue weighted by Gasteiger charge is -2.28. The Bertz CT molecular complexity index is 2540. The first-order chi connectivity index (χ1) is 23.8. The minimum Gasteiger partial charge on any atom is -0.438 e. The molecule has 9 aromatic rings. The molecule has 0 saturated carbocycles. The topological polar surface area (TPSA) is 29.3 Å². The first-order valence-corrected chi connectivity index (χ1v) is 16.2. The highest BCUT2D eigenvalue weighted by molar-refractivity contribution is 6.18. The van der Waals surface area contributed by atoms with Gasteiger partial charge in [-0.15, -0.1) is 0 Å². The molecule has 0 aliphatic carbocycles. The molecule has 7 aromatic carbocycles. The first-order valence-electron chi connectivity index (χ1n) is 16.2. The van der Waals surface area contributed by atoms with Crippen LogP contribution in [-0.4, -0.2) is 4.98 Å². The summed E-state index contributed by atoms with van der Waals surface area (Å²) < 4.78 is 6.28. The molecule has 2 heterocycles. The molecule has 2 aromatic heterocycles. The third-order valence-electron chi connectivity index (χ3n) is 9.11. The quantitative estimate of drug-likeness (QED) is 0.187. The van der Waals surface area contributed by atoms with Crippen LogP contribution in [0.5, 0.6) is 0 Å². The van der Waals surface area contributed by atoms with E-state index in [1.807, 2.05) is 6.07 Å². The van der Waals surface area contributed by atoms with Crippen molar-refractivity contribution in [2.45, 2.75) is 0 Å². The Morgan fingerprint density at radius 3 is 1.77 bits per heavy atom. The smallest absolute Gasteiger partial charge is 0.227 e. The molecule has 226 valence electrons. The number of furan rings is 1. The molecule has 0 bridgehead atoms. The van der Waals surface area contributed by atoms with Crippen molar-refractivity contribution in [1.82, 2.24) is 4.98 Å². The van der Waals surface area contributed by atoms with Gasteiger partial charge < -0.3 is 9.32 Å². The van der Waals surface area contributed by atoms with Gasteiger partial charge in [0.1, 0.15) is 5.58 Å².